The number of ether oxygens (including phenoxy) is 1. The van der Waals surface area contributed by atoms with Crippen LogP contribution in [0.1, 0.15) is 45.1 Å². The molecule has 1 aromatic rings. The van der Waals surface area contributed by atoms with Crippen molar-refractivity contribution in [1.82, 2.24) is 10.1 Å². The first-order valence-electron chi connectivity index (χ1n) is 7.41. The minimum Gasteiger partial charge on any atom is -0.444 e. The van der Waals surface area contributed by atoms with Gasteiger partial charge in [-0.1, -0.05) is 11.2 Å². The van der Waals surface area contributed by atoms with Crippen molar-refractivity contribution in [3.8, 4) is 0 Å². The predicted molar refractivity (Wildman–Crippen MR) is 78.7 cm³/mol. The summed E-state index contributed by atoms with van der Waals surface area (Å²) in [5.41, 5.74) is 0.194. The van der Waals surface area contributed by atoms with E-state index in [1.165, 1.54) is 0 Å². The van der Waals surface area contributed by atoms with E-state index >= 15 is 0 Å². The molecule has 5 heteroatoms. The maximum Gasteiger partial charge on any atom is 0.411 e. The Morgan fingerprint density at radius 2 is 2.24 bits per heavy atom. The van der Waals surface area contributed by atoms with Gasteiger partial charge in [-0.2, -0.15) is 0 Å². The highest BCUT2D eigenvalue weighted by molar-refractivity contribution is 5.72. The third kappa shape index (κ3) is 2.69. The van der Waals surface area contributed by atoms with Crippen LogP contribution in [0, 0.1) is 12.8 Å². The van der Waals surface area contributed by atoms with Crippen LogP contribution in [0.3, 0.4) is 0 Å². The van der Waals surface area contributed by atoms with Crippen molar-refractivity contribution >= 4 is 12.2 Å². The Bertz CT molecular complexity index is 577. The molecule has 0 N–H and O–H groups in total. The highest BCUT2D eigenvalue weighted by atomic mass is 16.6. The summed E-state index contributed by atoms with van der Waals surface area (Å²) in [4.78, 5) is 14.2. The van der Waals surface area contributed by atoms with Gasteiger partial charge in [0.25, 0.3) is 0 Å². The van der Waals surface area contributed by atoms with Crippen molar-refractivity contribution in [2.45, 2.75) is 51.7 Å². The monoisotopic (exact) mass is 290 g/mol. The van der Waals surface area contributed by atoms with Gasteiger partial charge in [0, 0.05) is 12.6 Å². The number of aromatic nitrogens is 1. The lowest BCUT2D eigenvalue weighted by Gasteiger charge is -2.39. The van der Waals surface area contributed by atoms with Gasteiger partial charge in [0.05, 0.1) is 11.2 Å². The number of hydrogen-bond donors (Lipinski definition) is 0. The lowest BCUT2D eigenvalue weighted by Crippen LogP contribution is -2.48. The van der Waals surface area contributed by atoms with Crippen LogP contribution in [0.2, 0.25) is 0 Å². The first kappa shape index (κ1) is 14.2. The van der Waals surface area contributed by atoms with Crippen molar-refractivity contribution in [3.63, 3.8) is 0 Å². The molecule has 1 aromatic heterocycles. The van der Waals surface area contributed by atoms with Crippen LogP contribution in [-0.4, -0.2) is 33.8 Å². The average molecular weight is 290 g/mol. The van der Waals surface area contributed by atoms with Crippen LogP contribution in [0.5, 0.6) is 0 Å². The van der Waals surface area contributed by atoms with Crippen molar-refractivity contribution in [3.05, 3.63) is 23.6 Å². The highest BCUT2D eigenvalue weighted by Crippen LogP contribution is 2.52. The SMILES string of the molecule is Cc1cc(/C=C/C23CC(CN2C(=O)OC(C)(C)C)C3)on1. The molecule has 2 aliphatic heterocycles. The van der Waals surface area contributed by atoms with Crippen LogP contribution in [0.15, 0.2) is 16.7 Å². The minimum absolute atomic E-state index is 0.201. The van der Waals surface area contributed by atoms with E-state index < -0.39 is 5.60 Å². The maximum absolute atomic E-state index is 12.4. The fourth-order valence-corrected chi connectivity index (χ4v) is 3.23. The number of carbonyl (C=O) groups excluding carboxylic acids is 1. The third-order valence-corrected chi connectivity index (χ3v) is 4.08. The second-order valence-electron chi connectivity index (χ2n) is 7.17. The van der Waals surface area contributed by atoms with E-state index in [4.69, 9.17) is 9.26 Å². The van der Waals surface area contributed by atoms with Gasteiger partial charge in [0.15, 0.2) is 5.76 Å². The summed E-state index contributed by atoms with van der Waals surface area (Å²) in [7, 11) is 0. The molecule has 2 saturated heterocycles. The van der Waals surface area contributed by atoms with Crippen molar-refractivity contribution in [1.29, 1.82) is 0 Å². The summed E-state index contributed by atoms with van der Waals surface area (Å²) < 4.78 is 10.7. The Balaban J connectivity index is 1.74. The van der Waals surface area contributed by atoms with E-state index in [1.54, 1.807) is 0 Å². The third-order valence-electron chi connectivity index (χ3n) is 4.08. The summed E-state index contributed by atoms with van der Waals surface area (Å²) in [5, 5.41) is 3.87. The Kier molecular flexibility index (Phi) is 3.11. The standard InChI is InChI=1S/C16H22N2O3/c1-11-7-13(21-17-11)5-6-16-8-12(9-16)10-18(16)14(19)20-15(2,3)4/h5-7,12H,8-10H2,1-4H3/b6-5+. The lowest BCUT2D eigenvalue weighted by atomic mass is 9.73. The van der Waals surface area contributed by atoms with Crippen LogP contribution in [0.4, 0.5) is 4.79 Å². The molecule has 0 spiro atoms. The lowest BCUT2D eigenvalue weighted by molar-refractivity contribution is 0.0159. The molecule has 2 bridgehead atoms. The number of carbonyl (C=O) groups is 1. The van der Waals surface area contributed by atoms with Crippen LogP contribution >= 0.6 is 0 Å². The zero-order valence-corrected chi connectivity index (χ0v) is 13.0. The van der Waals surface area contributed by atoms with Gasteiger partial charge in [0.1, 0.15) is 5.60 Å². The molecular weight excluding hydrogens is 268 g/mol. The van der Waals surface area contributed by atoms with Gasteiger partial charge in [0.2, 0.25) is 0 Å². The topological polar surface area (TPSA) is 55.6 Å². The predicted octanol–water partition coefficient (Wildman–Crippen LogP) is 3.40. The second kappa shape index (κ2) is 4.61. The fourth-order valence-electron chi connectivity index (χ4n) is 3.23. The van der Waals surface area contributed by atoms with Gasteiger partial charge < -0.3 is 9.26 Å². The van der Waals surface area contributed by atoms with Gasteiger partial charge in [-0.3, -0.25) is 4.90 Å². The molecule has 0 unspecified atom stereocenters. The van der Waals surface area contributed by atoms with E-state index in [-0.39, 0.29) is 11.6 Å². The average Bonchev–Trinajstić information content (AvgIpc) is 2.95. The Morgan fingerprint density at radius 3 is 2.81 bits per heavy atom. The zero-order valence-electron chi connectivity index (χ0n) is 13.0. The van der Waals surface area contributed by atoms with Crippen molar-refractivity contribution in [2.24, 2.45) is 5.92 Å². The Labute approximate surface area is 124 Å². The minimum atomic E-state index is -0.461. The van der Waals surface area contributed by atoms with Crippen molar-refractivity contribution in [2.75, 3.05) is 6.54 Å². The number of fused-ring (bicyclic) bond motifs is 1. The molecule has 0 atom stereocenters. The molecule has 114 valence electrons. The molecule has 0 radical (unpaired) electrons. The van der Waals surface area contributed by atoms with Gasteiger partial charge >= 0.3 is 6.09 Å². The second-order valence-corrected chi connectivity index (χ2v) is 7.17. The largest absolute Gasteiger partial charge is 0.444 e. The van der Waals surface area contributed by atoms with E-state index in [0.717, 1.165) is 30.8 Å². The van der Waals surface area contributed by atoms with Gasteiger partial charge in [-0.05, 0) is 52.5 Å². The maximum atomic E-state index is 12.4. The van der Waals surface area contributed by atoms with Crippen LogP contribution in [0.25, 0.3) is 6.08 Å². The van der Waals surface area contributed by atoms with Crippen LogP contribution in [-0.2, 0) is 4.74 Å². The Hall–Kier alpha value is -1.78. The summed E-state index contributed by atoms with van der Waals surface area (Å²) >= 11 is 0. The van der Waals surface area contributed by atoms with E-state index in [1.807, 2.05) is 44.7 Å². The van der Waals surface area contributed by atoms with E-state index in [2.05, 4.69) is 11.2 Å². The van der Waals surface area contributed by atoms with E-state index in [0.29, 0.717) is 5.92 Å². The molecular formula is C16H22N2O3. The fraction of sp³-hybridized carbons (Fsp3) is 0.625. The molecule has 5 nitrogen and oxygen atoms in total. The van der Waals surface area contributed by atoms with E-state index in [9.17, 15) is 4.79 Å². The molecule has 1 aliphatic carbocycles. The first-order chi connectivity index (χ1) is 9.77. The van der Waals surface area contributed by atoms with Crippen LogP contribution < -0.4 is 0 Å². The number of amides is 1. The normalized spacial score (nSPS) is 28.0. The summed E-state index contributed by atoms with van der Waals surface area (Å²) in [6, 6.07) is 1.88. The molecule has 1 saturated carbocycles. The molecule has 21 heavy (non-hydrogen) atoms. The highest BCUT2D eigenvalue weighted by Gasteiger charge is 2.57. The number of hydrogen-bond acceptors (Lipinski definition) is 4. The Morgan fingerprint density at radius 1 is 1.52 bits per heavy atom. The van der Waals surface area contributed by atoms with Gasteiger partial charge in [-0.25, -0.2) is 4.79 Å². The molecule has 1 amide bonds. The summed E-state index contributed by atoms with van der Waals surface area (Å²) in [6.45, 7) is 8.36. The molecule has 4 rings (SSSR count). The zero-order chi connectivity index (χ0) is 15.3. The number of nitrogens with zero attached hydrogens (tertiary/aromatic N) is 2. The number of rotatable bonds is 2. The van der Waals surface area contributed by atoms with Crippen molar-refractivity contribution < 1.29 is 14.1 Å². The smallest absolute Gasteiger partial charge is 0.411 e. The first-order valence-corrected chi connectivity index (χ1v) is 7.41. The number of aryl methyl sites for hydroxylation is 1. The summed E-state index contributed by atoms with van der Waals surface area (Å²) in [5.74, 6) is 1.32. The molecule has 3 aliphatic rings. The molecule has 3 heterocycles. The molecule has 0 aromatic carbocycles. The molecule has 3 fully saturated rings. The summed E-state index contributed by atoms with van der Waals surface area (Å²) in [6.07, 6.45) is 5.78. The van der Waals surface area contributed by atoms with Gasteiger partial charge in [-0.15, -0.1) is 0 Å². The quantitative estimate of drug-likeness (QED) is 0.837.